The van der Waals surface area contributed by atoms with E-state index in [2.05, 4.69) is 48.2 Å². The number of nitrogens with one attached hydrogen (secondary N) is 2. The fourth-order valence-corrected chi connectivity index (χ4v) is 2.48. The zero-order valence-electron chi connectivity index (χ0n) is 16.0. The number of halogens is 1. The zero-order chi connectivity index (χ0) is 16.8. The van der Waals surface area contributed by atoms with Crippen molar-refractivity contribution in [2.45, 2.75) is 66.0 Å². The van der Waals surface area contributed by atoms with Crippen LogP contribution in [0.5, 0.6) is 0 Å². The highest BCUT2D eigenvalue weighted by Gasteiger charge is 2.12. The Morgan fingerprint density at radius 3 is 2.04 bits per heavy atom. The highest BCUT2D eigenvalue weighted by atomic mass is 127. The van der Waals surface area contributed by atoms with Crippen molar-refractivity contribution in [3.63, 3.8) is 0 Å². The van der Waals surface area contributed by atoms with Crippen LogP contribution >= 0.6 is 24.0 Å². The Kier molecular flexibility index (Phi) is 18.3. The maximum Gasteiger partial charge on any atom is 0.190 e. The van der Waals surface area contributed by atoms with E-state index in [1.54, 1.807) is 0 Å². The number of aliphatic imine (C=N–C) groups is 1. The quantitative estimate of drug-likeness (QED) is 0.211. The van der Waals surface area contributed by atoms with E-state index < -0.39 is 0 Å². The molecule has 140 valence electrons. The number of unbranched alkanes of at least 4 members (excludes halogenated alkanes) is 1. The summed E-state index contributed by atoms with van der Waals surface area (Å²) in [5.41, 5.74) is 0. The Morgan fingerprint density at radius 2 is 1.57 bits per heavy atom. The fraction of sp³-hybridized carbons (Fsp3) is 0.941. The number of guanidine groups is 1. The van der Waals surface area contributed by atoms with Crippen molar-refractivity contribution in [2.75, 3.05) is 39.9 Å². The standard InChI is InChI=1S/C17H38N4O.HI/c1-7-22-14-9-8-11-19-17(18-6)20-12-10-13-21(15(2)3)16(4)5;/h15-16H,7-14H2,1-6H3,(H2,18,19,20);1H. The summed E-state index contributed by atoms with van der Waals surface area (Å²) < 4.78 is 5.33. The molecule has 0 aromatic heterocycles. The molecule has 0 bridgehead atoms. The minimum absolute atomic E-state index is 0. The predicted octanol–water partition coefficient (Wildman–Crippen LogP) is 3.10. The van der Waals surface area contributed by atoms with E-state index in [0.717, 1.165) is 58.1 Å². The first-order valence-electron chi connectivity index (χ1n) is 8.80. The van der Waals surface area contributed by atoms with Crippen molar-refractivity contribution in [3.8, 4) is 0 Å². The zero-order valence-corrected chi connectivity index (χ0v) is 18.4. The second-order valence-corrected chi connectivity index (χ2v) is 6.11. The summed E-state index contributed by atoms with van der Waals surface area (Å²) in [5, 5.41) is 6.74. The molecule has 0 aromatic rings. The monoisotopic (exact) mass is 442 g/mol. The molecule has 0 heterocycles. The third-order valence-corrected chi connectivity index (χ3v) is 3.65. The molecule has 5 nitrogen and oxygen atoms in total. The van der Waals surface area contributed by atoms with Crippen LogP contribution in [0.3, 0.4) is 0 Å². The van der Waals surface area contributed by atoms with Gasteiger partial charge in [0.2, 0.25) is 0 Å². The number of nitrogens with zero attached hydrogens (tertiary/aromatic N) is 2. The Morgan fingerprint density at radius 1 is 1.00 bits per heavy atom. The third kappa shape index (κ3) is 14.0. The van der Waals surface area contributed by atoms with E-state index >= 15 is 0 Å². The first-order valence-corrected chi connectivity index (χ1v) is 8.80. The highest BCUT2D eigenvalue weighted by molar-refractivity contribution is 14.0. The molecule has 0 aliphatic rings. The van der Waals surface area contributed by atoms with Crippen LogP contribution < -0.4 is 10.6 Å². The Balaban J connectivity index is 0. The minimum Gasteiger partial charge on any atom is -0.382 e. The molecule has 2 N–H and O–H groups in total. The number of hydrogen-bond donors (Lipinski definition) is 2. The Bertz CT molecular complexity index is 278. The summed E-state index contributed by atoms with van der Waals surface area (Å²) in [6, 6.07) is 1.20. The molecule has 0 aliphatic carbocycles. The molecule has 0 aromatic carbocycles. The summed E-state index contributed by atoms with van der Waals surface area (Å²) in [7, 11) is 1.82. The van der Waals surface area contributed by atoms with E-state index in [1.165, 1.54) is 0 Å². The van der Waals surface area contributed by atoms with Gasteiger partial charge in [-0.3, -0.25) is 9.89 Å². The van der Waals surface area contributed by atoms with Crippen molar-refractivity contribution in [2.24, 2.45) is 4.99 Å². The molecule has 0 rings (SSSR count). The van der Waals surface area contributed by atoms with Gasteiger partial charge in [0.15, 0.2) is 5.96 Å². The van der Waals surface area contributed by atoms with Crippen LogP contribution in [0.2, 0.25) is 0 Å². The van der Waals surface area contributed by atoms with Gasteiger partial charge in [0.05, 0.1) is 0 Å². The largest absolute Gasteiger partial charge is 0.382 e. The van der Waals surface area contributed by atoms with Gasteiger partial charge < -0.3 is 15.4 Å². The molecule has 0 amide bonds. The summed E-state index contributed by atoms with van der Waals surface area (Å²) in [6.07, 6.45) is 3.33. The molecule has 0 fully saturated rings. The smallest absolute Gasteiger partial charge is 0.190 e. The van der Waals surface area contributed by atoms with Crippen LogP contribution in [0.25, 0.3) is 0 Å². The molecule has 0 radical (unpaired) electrons. The summed E-state index contributed by atoms with van der Waals surface area (Å²) in [6.45, 7) is 15.7. The SMILES string of the molecule is CCOCCCCNC(=NC)NCCCN(C(C)C)C(C)C.I. The van der Waals surface area contributed by atoms with Gasteiger partial charge in [-0.25, -0.2) is 0 Å². The van der Waals surface area contributed by atoms with E-state index in [0.29, 0.717) is 12.1 Å². The van der Waals surface area contributed by atoms with Crippen molar-refractivity contribution in [3.05, 3.63) is 0 Å². The van der Waals surface area contributed by atoms with Crippen LogP contribution in [-0.2, 0) is 4.74 Å². The lowest BCUT2D eigenvalue weighted by atomic mass is 10.2. The lowest BCUT2D eigenvalue weighted by Crippen LogP contribution is -2.41. The first kappa shape index (κ1) is 25.2. The highest BCUT2D eigenvalue weighted by Crippen LogP contribution is 2.05. The van der Waals surface area contributed by atoms with Crippen molar-refractivity contribution in [1.82, 2.24) is 15.5 Å². The Labute approximate surface area is 161 Å². The van der Waals surface area contributed by atoms with Gasteiger partial charge in [0.1, 0.15) is 0 Å². The molecular formula is C17H39IN4O. The lowest BCUT2D eigenvalue weighted by Gasteiger charge is -2.30. The van der Waals surface area contributed by atoms with Crippen LogP contribution in [0.4, 0.5) is 0 Å². The van der Waals surface area contributed by atoms with Crippen LogP contribution in [0, 0.1) is 0 Å². The predicted molar refractivity (Wildman–Crippen MR) is 112 cm³/mol. The van der Waals surface area contributed by atoms with Crippen molar-refractivity contribution >= 4 is 29.9 Å². The average Bonchev–Trinajstić information content (AvgIpc) is 2.47. The van der Waals surface area contributed by atoms with E-state index in [9.17, 15) is 0 Å². The van der Waals surface area contributed by atoms with E-state index in [1.807, 2.05) is 14.0 Å². The molecule has 6 heteroatoms. The number of rotatable bonds is 12. The normalized spacial score (nSPS) is 12.0. The molecule has 0 aliphatic heterocycles. The fourth-order valence-electron chi connectivity index (χ4n) is 2.48. The van der Waals surface area contributed by atoms with Gasteiger partial charge in [0.25, 0.3) is 0 Å². The molecule has 0 saturated heterocycles. The maximum atomic E-state index is 5.33. The maximum absolute atomic E-state index is 5.33. The molecule has 0 atom stereocenters. The molecule has 0 unspecified atom stereocenters. The van der Waals surface area contributed by atoms with Crippen LogP contribution in [-0.4, -0.2) is 62.8 Å². The van der Waals surface area contributed by atoms with Crippen LogP contribution in [0.15, 0.2) is 4.99 Å². The van der Waals surface area contributed by atoms with Crippen molar-refractivity contribution < 1.29 is 4.74 Å². The van der Waals surface area contributed by atoms with E-state index in [4.69, 9.17) is 4.74 Å². The summed E-state index contributed by atoms with van der Waals surface area (Å²) in [5.74, 6) is 0.900. The molecule has 0 spiro atoms. The summed E-state index contributed by atoms with van der Waals surface area (Å²) >= 11 is 0. The summed E-state index contributed by atoms with van der Waals surface area (Å²) in [4.78, 5) is 6.78. The van der Waals surface area contributed by atoms with Gasteiger partial charge in [-0.05, 0) is 53.9 Å². The molecule has 23 heavy (non-hydrogen) atoms. The van der Waals surface area contributed by atoms with Gasteiger partial charge in [-0.1, -0.05) is 0 Å². The minimum atomic E-state index is 0. The van der Waals surface area contributed by atoms with Gasteiger partial charge in [-0.2, -0.15) is 0 Å². The van der Waals surface area contributed by atoms with Gasteiger partial charge in [-0.15, -0.1) is 24.0 Å². The van der Waals surface area contributed by atoms with Crippen molar-refractivity contribution in [1.29, 1.82) is 0 Å². The average molecular weight is 442 g/mol. The van der Waals surface area contributed by atoms with Gasteiger partial charge in [0, 0.05) is 52.0 Å². The van der Waals surface area contributed by atoms with Crippen LogP contribution in [0.1, 0.15) is 53.9 Å². The first-order chi connectivity index (χ1) is 10.5. The number of ether oxygens (including phenoxy) is 1. The van der Waals surface area contributed by atoms with Gasteiger partial charge >= 0.3 is 0 Å². The number of hydrogen-bond acceptors (Lipinski definition) is 3. The van der Waals surface area contributed by atoms with E-state index in [-0.39, 0.29) is 24.0 Å². The second-order valence-electron chi connectivity index (χ2n) is 6.11. The molecule has 0 saturated carbocycles. The Hall–Kier alpha value is -0.0800. The third-order valence-electron chi connectivity index (χ3n) is 3.65. The second kappa shape index (κ2) is 16.8. The molecular weight excluding hydrogens is 403 g/mol. The topological polar surface area (TPSA) is 48.9 Å². The lowest BCUT2D eigenvalue weighted by molar-refractivity contribution is 0.143.